The van der Waals surface area contributed by atoms with Gasteiger partial charge in [0.2, 0.25) is 5.88 Å². The van der Waals surface area contributed by atoms with E-state index in [1.54, 1.807) is 16.9 Å². The molecular weight excluding hydrogens is 232 g/mol. The zero-order valence-electron chi connectivity index (χ0n) is 10.3. The van der Waals surface area contributed by atoms with Gasteiger partial charge >= 0.3 is 0 Å². The molecule has 2 aromatic heterocycles. The molecule has 0 atom stereocenters. The molecule has 2 rings (SSSR count). The molecular formula is C11H16N6O. The summed E-state index contributed by atoms with van der Waals surface area (Å²) in [5.74, 6) is 1.36. The SMILES string of the molecule is CCOc1cc(NCCCn2ccnn2)ncn1. The molecule has 2 heterocycles. The molecule has 1 N–H and O–H groups in total. The molecule has 2 aromatic rings. The summed E-state index contributed by atoms with van der Waals surface area (Å²) in [6.07, 6.45) is 5.95. The van der Waals surface area contributed by atoms with Crippen LogP contribution in [-0.4, -0.2) is 38.1 Å². The van der Waals surface area contributed by atoms with Crippen LogP contribution >= 0.6 is 0 Å². The van der Waals surface area contributed by atoms with Crippen LogP contribution in [0.5, 0.6) is 5.88 Å². The molecule has 0 radical (unpaired) electrons. The number of hydrogen-bond acceptors (Lipinski definition) is 6. The lowest BCUT2D eigenvalue weighted by molar-refractivity contribution is 0.326. The predicted octanol–water partition coefficient (Wildman–Crippen LogP) is 0.969. The van der Waals surface area contributed by atoms with E-state index in [1.165, 1.54) is 6.33 Å². The van der Waals surface area contributed by atoms with Crippen molar-refractivity contribution in [2.24, 2.45) is 0 Å². The Morgan fingerprint density at radius 3 is 3.11 bits per heavy atom. The zero-order valence-corrected chi connectivity index (χ0v) is 10.3. The van der Waals surface area contributed by atoms with Gasteiger partial charge in [-0.15, -0.1) is 5.10 Å². The fourth-order valence-electron chi connectivity index (χ4n) is 1.47. The van der Waals surface area contributed by atoms with Crippen molar-refractivity contribution in [2.75, 3.05) is 18.5 Å². The molecule has 0 aliphatic rings. The van der Waals surface area contributed by atoms with Crippen molar-refractivity contribution in [3.63, 3.8) is 0 Å². The van der Waals surface area contributed by atoms with Crippen LogP contribution in [0.3, 0.4) is 0 Å². The first-order valence-electron chi connectivity index (χ1n) is 5.91. The van der Waals surface area contributed by atoms with Crippen molar-refractivity contribution in [1.29, 1.82) is 0 Å². The van der Waals surface area contributed by atoms with E-state index in [0.717, 1.165) is 25.3 Å². The van der Waals surface area contributed by atoms with Crippen LogP contribution in [0, 0.1) is 0 Å². The second-order valence-electron chi connectivity index (χ2n) is 3.62. The van der Waals surface area contributed by atoms with Crippen molar-refractivity contribution < 1.29 is 4.74 Å². The summed E-state index contributed by atoms with van der Waals surface area (Å²) in [7, 11) is 0. The smallest absolute Gasteiger partial charge is 0.218 e. The quantitative estimate of drug-likeness (QED) is 0.736. The maximum atomic E-state index is 5.30. The Morgan fingerprint density at radius 1 is 1.39 bits per heavy atom. The third-order valence-corrected chi connectivity index (χ3v) is 2.28. The Labute approximate surface area is 105 Å². The number of aryl methyl sites for hydroxylation is 1. The van der Waals surface area contributed by atoms with Crippen LogP contribution in [0.15, 0.2) is 24.8 Å². The van der Waals surface area contributed by atoms with Gasteiger partial charge in [0.05, 0.1) is 12.8 Å². The number of anilines is 1. The van der Waals surface area contributed by atoms with E-state index in [4.69, 9.17) is 4.74 Å². The number of nitrogens with one attached hydrogen (secondary N) is 1. The minimum atomic E-state index is 0.589. The van der Waals surface area contributed by atoms with Gasteiger partial charge in [0.25, 0.3) is 0 Å². The minimum absolute atomic E-state index is 0.589. The van der Waals surface area contributed by atoms with Gasteiger partial charge in [0.15, 0.2) is 0 Å². The summed E-state index contributed by atoms with van der Waals surface area (Å²) in [4.78, 5) is 8.12. The molecule has 7 heteroatoms. The molecule has 0 bridgehead atoms. The van der Waals surface area contributed by atoms with Crippen LogP contribution in [0.2, 0.25) is 0 Å². The molecule has 0 aliphatic heterocycles. The highest BCUT2D eigenvalue weighted by atomic mass is 16.5. The van der Waals surface area contributed by atoms with Crippen molar-refractivity contribution in [3.8, 4) is 5.88 Å². The standard InChI is InChI=1S/C11H16N6O/c1-2-18-11-8-10(13-9-14-11)12-4-3-6-17-7-5-15-16-17/h5,7-9H,2-4,6H2,1H3,(H,12,13,14). The van der Waals surface area contributed by atoms with Gasteiger partial charge < -0.3 is 10.1 Å². The van der Waals surface area contributed by atoms with Gasteiger partial charge in [-0.2, -0.15) is 0 Å². The molecule has 0 fully saturated rings. The minimum Gasteiger partial charge on any atom is -0.478 e. The number of hydrogen-bond donors (Lipinski definition) is 1. The fourth-order valence-corrected chi connectivity index (χ4v) is 1.47. The molecule has 0 saturated carbocycles. The topological polar surface area (TPSA) is 77.8 Å². The molecule has 0 amide bonds. The Balaban J connectivity index is 1.74. The van der Waals surface area contributed by atoms with Gasteiger partial charge in [-0.05, 0) is 13.3 Å². The van der Waals surface area contributed by atoms with E-state index in [1.807, 2.05) is 13.1 Å². The number of rotatable bonds is 7. The molecule has 0 unspecified atom stereocenters. The Kier molecular flexibility index (Phi) is 4.46. The van der Waals surface area contributed by atoms with Gasteiger partial charge in [0.1, 0.15) is 12.1 Å². The lowest BCUT2D eigenvalue weighted by Crippen LogP contribution is -2.08. The van der Waals surface area contributed by atoms with E-state index in [9.17, 15) is 0 Å². The summed E-state index contributed by atoms with van der Waals surface area (Å²) in [6, 6.07) is 1.79. The maximum Gasteiger partial charge on any atom is 0.218 e. The first-order chi connectivity index (χ1) is 8.88. The summed E-state index contributed by atoms with van der Waals surface area (Å²) < 4.78 is 7.10. The lowest BCUT2D eigenvalue weighted by atomic mass is 10.4. The average Bonchev–Trinajstić information content (AvgIpc) is 2.89. The Bertz CT molecular complexity index is 458. The molecule has 96 valence electrons. The summed E-state index contributed by atoms with van der Waals surface area (Å²) in [6.45, 7) is 4.16. The number of aromatic nitrogens is 5. The van der Waals surface area contributed by atoms with E-state index in [2.05, 4.69) is 25.6 Å². The Hall–Kier alpha value is -2.18. The van der Waals surface area contributed by atoms with Crippen LogP contribution in [0.4, 0.5) is 5.82 Å². The highest BCUT2D eigenvalue weighted by molar-refractivity contribution is 5.36. The van der Waals surface area contributed by atoms with Gasteiger partial charge in [0, 0.05) is 25.4 Å². The molecule has 0 spiro atoms. The van der Waals surface area contributed by atoms with Crippen LogP contribution in [0.25, 0.3) is 0 Å². The van der Waals surface area contributed by atoms with Crippen molar-refractivity contribution in [3.05, 3.63) is 24.8 Å². The largest absolute Gasteiger partial charge is 0.478 e. The number of ether oxygens (including phenoxy) is 1. The molecule has 0 aliphatic carbocycles. The summed E-state index contributed by atoms with van der Waals surface area (Å²) in [5, 5.41) is 10.9. The average molecular weight is 248 g/mol. The third kappa shape index (κ3) is 3.69. The normalized spacial score (nSPS) is 10.3. The zero-order chi connectivity index (χ0) is 12.6. The highest BCUT2D eigenvalue weighted by Crippen LogP contribution is 2.10. The first kappa shape index (κ1) is 12.3. The third-order valence-electron chi connectivity index (χ3n) is 2.28. The van der Waals surface area contributed by atoms with E-state index >= 15 is 0 Å². The molecule has 7 nitrogen and oxygen atoms in total. The van der Waals surface area contributed by atoms with Crippen molar-refractivity contribution in [2.45, 2.75) is 19.9 Å². The van der Waals surface area contributed by atoms with Crippen LogP contribution in [-0.2, 0) is 6.54 Å². The van der Waals surface area contributed by atoms with Crippen molar-refractivity contribution in [1.82, 2.24) is 25.0 Å². The molecule has 18 heavy (non-hydrogen) atoms. The van der Waals surface area contributed by atoms with Gasteiger partial charge in [-0.3, -0.25) is 4.68 Å². The number of nitrogens with zero attached hydrogens (tertiary/aromatic N) is 5. The summed E-state index contributed by atoms with van der Waals surface area (Å²) >= 11 is 0. The lowest BCUT2D eigenvalue weighted by Gasteiger charge is -2.06. The first-order valence-corrected chi connectivity index (χ1v) is 5.91. The second-order valence-corrected chi connectivity index (χ2v) is 3.62. The maximum absolute atomic E-state index is 5.30. The van der Waals surface area contributed by atoms with Crippen LogP contribution < -0.4 is 10.1 Å². The van der Waals surface area contributed by atoms with Gasteiger partial charge in [-0.1, -0.05) is 5.21 Å². The fraction of sp³-hybridized carbons (Fsp3) is 0.455. The Morgan fingerprint density at radius 2 is 2.33 bits per heavy atom. The molecule has 0 saturated heterocycles. The monoisotopic (exact) mass is 248 g/mol. The highest BCUT2D eigenvalue weighted by Gasteiger charge is 1.98. The van der Waals surface area contributed by atoms with E-state index in [-0.39, 0.29) is 0 Å². The van der Waals surface area contributed by atoms with E-state index in [0.29, 0.717) is 12.5 Å². The van der Waals surface area contributed by atoms with Crippen molar-refractivity contribution >= 4 is 5.82 Å². The van der Waals surface area contributed by atoms with Crippen LogP contribution in [0.1, 0.15) is 13.3 Å². The van der Waals surface area contributed by atoms with Gasteiger partial charge in [-0.25, -0.2) is 9.97 Å². The second kappa shape index (κ2) is 6.53. The molecule has 0 aromatic carbocycles. The predicted molar refractivity (Wildman–Crippen MR) is 66.3 cm³/mol. The van der Waals surface area contributed by atoms with E-state index < -0.39 is 0 Å². The summed E-state index contributed by atoms with van der Waals surface area (Å²) in [5.41, 5.74) is 0.